The van der Waals surface area contributed by atoms with Crippen LogP contribution in [0, 0.1) is 0 Å². The van der Waals surface area contributed by atoms with Crippen molar-refractivity contribution < 1.29 is 0 Å². The summed E-state index contributed by atoms with van der Waals surface area (Å²) in [6.45, 7) is 0. The molecule has 0 saturated carbocycles. The smallest absolute Gasteiger partial charge is 0.275 e. The molecule has 0 unspecified atom stereocenters. The molecule has 0 radical (unpaired) electrons. The number of thiazole rings is 1. The van der Waals surface area contributed by atoms with E-state index in [4.69, 9.17) is 0 Å². The van der Waals surface area contributed by atoms with Gasteiger partial charge in [0.2, 0.25) is 0 Å². The quantitative estimate of drug-likeness (QED) is 0.517. The summed E-state index contributed by atoms with van der Waals surface area (Å²) in [4.78, 5) is 26.2. The van der Waals surface area contributed by atoms with Gasteiger partial charge in [0, 0.05) is 18.6 Å². The van der Waals surface area contributed by atoms with Gasteiger partial charge in [-0.25, -0.2) is 9.97 Å². The number of anilines is 1. The van der Waals surface area contributed by atoms with E-state index in [-0.39, 0.29) is 5.56 Å². The highest BCUT2D eigenvalue weighted by atomic mass is 32.1. The fraction of sp³-hybridized carbons (Fsp3) is 0.0588. The van der Waals surface area contributed by atoms with Crippen LogP contribution in [-0.2, 0) is 0 Å². The van der Waals surface area contributed by atoms with Crippen molar-refractivity contribution in [2.75, 3.05) is 12.4 Å². The molecule has 5 aromatic rings. The molecule has 0 aliphatic heterocycles. The van der Waals surface area contributed by atoms with E-state index in [2.05, 4.69) is 20.3 Å². The van der Waals surface area contributed by atoms with Gasteiger partial charge in [-0.1, -0.05) is 0 Å². The number of hydrogen-bond donors (Lipinski definition) is 1. The number of fused-ring (bicyclic) bond motifs is 4. The van der Waals surface area contributed by atoms with Gasteiger partial charge in [0.1, 0.15) is 11.0 Å². The second-order valence-corrected chi connectivity index (χ2v) is 7.45. The number of nitrogens with one attached hydrogen (secondary N) is 1. The van der Waals surface area contributed by atoms with Crippen LogP contribution < -0.4 is 10.9 Å². The standard InChI is InChI=1S/C17H11N5OS2/c1-18-11-5-19-6-13-14(11)15-16(25-13)17(23)22(7-20-15)9-2-3-12-10(4-9)21-8-24-12/h2-8,18H,1H3. The second-order valence-electron chi connectivity index (χ2n) is 5.51. The van der Waals surface area contributed by atoms with Gasteiger partial charge < -0.3 is 5.32 Å². The first-order chi connectivity index (χ1) is 12.3. The largest absolute Gasteiger partial charge is 0.386 e. The van der Waals surface area contributed by atoms with Gasteiger partial charge in [-0.15, -0.1) is 22.7 Å². The van der Waals surface area contributed by atoms with Crippen molar-refractivity contribution in [1.29, 1.82) is 0 Å². The Morgan fingerprint density at radius 3 is 2.96 bits per heavy atom. The van der Waals surface area contributed by atoms with Crippen LogP contribution in [0.5, 0.6) is 0 Å². The molecule has 122 valence electrons. The van der Waals surface area contributed by atoms with Gasteiger partial charge in [0.25, 0.3) is 5.56 Å². The zero-order valence-electron chi connectivity index (χ0n) is 13.1. The monoisotopic (exact) mass is 365 g/mol. The van der Waals surface area contributed by atoms with E-state index in [1.807, 2.05) is 25.2 Å². The highest BCUT2D eigenvalue weighted by Crippen LogP contribution is 2.34. The fourth-order valence-electron chi connectivity index (χ4n) is 2.95. The van der Waals surface area contributed by atoms with Crippen molar-refractivity contribution in [2.45, 2.75) is 0 Å². The molecule has 4 aromatic heterocycles. The minimum atomic E-state index is -0.0807. The molecule has 5 rings (SSSR count). The summed E-state index contributed by atoms with van der Waals surface area (Å²) in [5.41, 5.74) is 4.95. The van der Waals surface area contributed by atoms with Crippen LogP contribution in [0.3, 0.4) is 0 Å². The van der Waals surface area contributed by atoms with Gasteiger partial charge in [-0.2, -0.15) is 0 Å². The number of benzene rings is 1. The third-order valence-electron chi connectivity index (χ3n) is 4.15. The number of pyridine rings is 1. The van der Waals surface area contributed by atoms with E-state index < -0.39 is 0 Å². The summed E-state index contributed by atoms with van der Waals surface area (Å²) in [5.74, 6) is 0. The minimum Gasteiger partial charge on any atom is -0.386 e. The SMILES string of the molecule is CNc1cncc2sc3c(=O)n(-c4ccc5scnc5c4)cnc3c12. The van der Waals surface area contributed by atoms with Crippen LogP contribution in [0.15, 0.2) is 47.2 Å². The molecule has 0 atom stereocenters. The summed E-state index contributed by atoms with van der Waals surface area (Å²) in [6.07, 6.45) is 5.11. The summed E-state index contributed by atoms with van der Waals surface area (Å²) in [6, 6.07) is 5.81. The molecular weight excluding hydrogens is 354 g/mol. The molecule has 25 heavy (non-hydrogen) atoms. The maximum Gasteiger partial charge on any atom is 0.275 e. The van der Waals surface area contributed by atoms with E-state index >= 15 is 0 Å². The van der Waals surface area contributed by atoms with E-state index in [0.717, 1.165) is 31.7 Å². The third-order valence-corrected chi connectivity index (χ3v) is 6.06. The van der Waals surface area contributed by atoms with E-state index in [1.165, 1.54) is 11.3 Å². The predicted molar refractivity (Wildman–Crippen MR) is 103 cm³/mol. The van der Waals surface area contributed by atoms with E-state index in [9.17, 15) is 4.79 Å². The number of nitrogens with zero attached hydrogens (tertiary/aromatic N) is 4. The second kappa shape index (κ2) is 5.33. The normalized spacial score (nSPS) is 11.6. The zero-order chi connectivity index (χ0) is 17.0. The maximum atomic E-state index is 13.0. The van der Waals surface area contributed by atoms with Crippen molar-refractivity contribution >= 4 is 58.9 Å². The van der Waals surface area contributed by atoms with Crippen molar-refractivity contribution in [3.63, 3.8) is 0 Å². The molecule has 1 N–H and O–H groups in total. The van der Waals surface area contributed by atoms with Crippen LogP contribution in [0.2, 0.25) is 0 Å². The van der Waals surface area contributed by atoms with Crippen LogP contribution in [0.4, 0.5) is 5.69 Å². The molecule has 0 aliphatic rings. The summed E-state index contributed by atoms with van der Waals surface area (Å²) < 4.78 is 4.24. The lowest BCUT2D eigenvalue weighted by atomic mass is 10.2. The van der Waals surface area contributed by atoms with Crippen LogP contribution >= 0.6 is 22.7 Å². The Morgan fingerprint density at radius 1 is 1.16 bits per heavy atom. The molecule has 0 saturated heterocycles. The third kappa shape index (κ3) is 2.08. The van der Waals surface area contributed by atoms with Crippen LogP contribution in [0.25, 0.3) is 36.2 Å². The number of hydrogen-bond acceptors (Lipinski definition) is 7. The van der Waals surface area contributed by atoms with Crippen molar-refractivity contribution in [3.05, 3.63) is 52.8 Å². The Morgan fingerprint density at radius 2 is 2.08 bits per heavy atom. The van der Waals surface area contributed by atoms with E-state index in [0.29, 0.717) is 10.2 Å². The molecule has 0 spiro atoms. The number of aromatic nitrogens is 4. The van der Waals surface area contributed by atoms with Gasteiger partial charge in [-0.3, -0.25) is 14.3 Å². The highest BCUT2D eigenvalue weighted by Gasteiger charge is 2.15. The average molecular weight is 365 g/mol. The molecular formula is C17H11N5OS2. The zero-order valence-corrected chi connectivity index (χ0v) is 14.7. The van der Waals surface area contributed by atoms with Gasteiger partial charge in [0.15, 0.2) is 0 Å². The van der Waals surface area contributed by atoms with Gasteiger partial charge in [0.05, 0.1) is 43.5 Å². The van der Waals surface area contributed by atoms with Crippen molar-refractivity contribution in [3.8, 4) is 5.69 Å². The Bertz CT molecular complexity index is 1320. The Kier molecular flexibility index (Phi) is 3.09. The fourth-order valence-corrected chi connectivity index (χ4v) is 4.69. The van der Waals surface area contributed by atoms with Crippen molar-refractivity contribution in [2.24, 2.45) is 0 Å². The predicted octanol–water partition coefficient (Wildman–Crippen LogP) is 3.65. The van der Waals surface area contributed by atoms with Crippen LogP contribution in [0.1, 0.15) is 0 Å². The average Bonchev–Trinajstić information content (AvgIpc) is 3.25. The lowest BCUT2D eigenvalue weighted by molar-refractivity contribution is 0.969. The molecule has 4 heterocycles. The molecule has 0 amide bonds. The molecule has 1 aromatic carbocycles. The number of thiophene rings is 1. The maximum absolute atomic E-state index is 13.0. The first-order valence-electron chi connectivity index (χ1n) is 7.55. The molecule has 0 bridgehead atoms. The lowest BCUT2D eigenvalue weighted by Crippen LogP contribution is -2.17. The molecule has 8 heteroatoms. The lowest BCUT2D eigenvalue weighted by Gasteiger charge is -2.05. The molecule has 0 aliphatic carbocycles. The van der Waals surface area contributed by atoms with Crippen molar-refractivity contribution in [1.82, 2.24) is 19.5 Å². The van der Waals surface area contributed by atoms with Crippen LogP contribution in [-0.4, -0.2) is 26.6 Å². The first kappa shape index (κ1) is 14.5. The minimum absolute atomic E-state index is 0.0807. The van der Waals surface area contributed by atoms with E-state index in [1.54, 1.807) is 40.1 Å². The molecule has 0 fully saturated rings. The topological polar surface area (TPSA) is 72.7 Å². The Labute approximate surface area is 149 Å². The first-order valence-corrected chi connectivity index (χ1v) is 9.25. The van der Waals surface area contributed by atoms with Gasteiger partial charge in [-0.05, 0) is 18.2 Å². The van der Waals surface area contributed by atoms with Gasteiger partial charge >= 0.3 is 0 Å². The number of rotatable bonds is 2. The molecule has 6 nitrogen and oxygen atoms in total. The summed E-state index contributed by atoms with van der Waals surface area (Å²) in [7, 11) is 1.84. The highest BCUT2D eigenvalue weighted by molar-refractivity contribution is 7.25. The Balaban J connectivity index is 1.82. The Hall–Kier alpha value is -2.84. The summed E-state index contributed by atoms with van der Waals surface area (Å²) >= 11 is 3.00. The summed E-state index contributed by atoms with van der Waals surface area (Å²) in [5, 5.41) is 4.06.